The van der Waals surface area contributed by atoms with Crippen LogP contribution in [-0.4, -0.2) is 106 Å². The number of halogens is 1. The number of carbonyl (C=O) groups is 4. The number of methoxy groups -OCH3 is 1. The van der Waals surface area contributed by atoms with Gasteiger partial charge in [-0.3, -0.25) is 19.2 Å². The normalized spacial score (nSPS) is 27.9. The molecule has 0 aliphatic carbocycles. The molecule has 1 aromatic rings. The summed E-state index contributed by atoms with van der Waals surface area (Å²) in [6, 6.07) is 6.46. The Kier molecular flexibility index (Phi) is 14.5. The lowest BCUT2D eigenvalue weighted by atomic mass is 9.70. The zero-order chi connectivity index (χ0) is 37.5. The molecule has 4 rings (SSSR count). The number of nitrogens with zero attached hydrogens (tertiary/aromatic N) is 2. The van der Waals surface area contributed by atoms with Gasteiger partial charge in [0.2, 0.25) is 17.7 Å². The second-order valence-electron chi connectivity index (χ2n) is 14.2. The molecule has 3 aliphatic rings. The summed E-state index contributed by atoms with van der Waals surface area (Å²) in [4.78, 5) is 60.2. The Morgan fingerprint density at radius 1 is 1.20 bits per heavy atom. The molecule has 0 aromatic heterocycles. The molecule has 3 amide bonds. The number of aliphatic hydroxyl groups is 1. The molecule has 0 radical (unpaired) electrons. The van der Waals surface area contributed by atoms with E-state index >= 15 is 0 Å². The number of amides is 3. The lowest BCUT2D eigenvalue weighted by Crippen LogP contribution is -2.61. The number of nitrogens with one attached hydrogen (secondary N) is 1. The number of benzene rings is 1. The molecule has 1 aromatic carbocycles. The second kappa shape index (κ2) is 18.1. The zero-order valence-electron chi connectivity index (χ0n) is 30.7. The Balaban J connectivity index is 1.79. The Morgan fingerprint density at radius 2 is 1.90 bits per heavy atom. The van der Waals surface area contributed by atoms with Crippen LogP contribution < -0.4 is 5.32 Å². The van der Waals surface area contributed by atoms with Crippen LogP contribution in [0.15, 0.2) is 55.6 Å². The Morgan fingerprint density at radius 3 is 2.49 bits per heavy atom. The van der Waals surface area contributed by atoms with Gasteiger partial charge in [0.05, 0.1) is 43.2 Å². The van der Waals surface area contributed by atoms with Crippen molar-refractivity contribution in [1.82, 2.24) is 15.1 Å². The first-order valence-electron chi connectivity index (χ1n) is 18.3. The number of esters is 1. The first-order valence-corrected chi connectivity index (χ1v) is 19.2. The molecule has 3 fully saturated rings. The summed E-state index contributed by atoms with van der Waals surface area (Å²) in [5, 5.41) is 13.7. The molecule has 2 N–H and O–H groups in total. The highest BCUT2D eigenvalue weighted by molar-refractivity contribution is 9.09. The van der Waals surface area contributed by atoms with Crippen LogP contribution in [0.25, 0.3) is 0 Å². The molecule has 2 unspecified atom stereocenters. The Hall–Kier alpha value is -3.06. The first-order chi connectivity index (χ1) is 24.5. The molecule has 11 atom stereocenters. The van der Waals surface area contributed by atoms with Crippen molar-refractivity contribution in [3.05, 3.63) is 61.2 Å². The largest absolute Gasteiger partial charge is 0.455 e. The van der Waals surface area contributed by atoms with E-state index in [2.05, 4.69) is 41.3 Å². The maximum atomic E-state index is 14.9. The third-order valence-electron chi connectivity index (χ3n) is 10.9. The molecule has 3 saturated heterocycles. The Bertz CT molecular complexity index is 1400. The number of aliphatic hydroxyl groups excluding tert-OH is 1. The molecule has 1 spiro atoms. The monoisotopic (exact) mass is 773 g/mol. The van der Waals surface area contributed by atoms with Crippen LogP contribution in [0.2, 0.25) is 0 Å². The van der Waals surface area contributed by atoms with E-state index in [9.17, 15) is 24.3 Å². The van der Waals surface area contributed by atoms with Crippen LogP contribution in [0.5, 0.6) is 0 Å². The summed E-state index contributed by atoms with van der Waals surface area (Å²) in [7, 11) is 1.50. The lowest BCUT2D eigenvalue weighted by molar-refractivity contribution is -0.164. The Labute approximate surface area is 311 Å². The standard InChI is InChI=1S/C39H56BrN3O8/c1-8-12-19-30(45)41-28(23-49-7)33(26-17-14-13-15-18-26)50-38(48)31-32-36(46)43(29(22-44)24(5)11-4)35(39(32)21-27(40)34(31)51-39)37(47)42(20-10-3)25(6)16-9-2/h8,10,13-15,17-18,24-25,27-29,31-35,44H,1,3,9,11-12,16,19-23H2,2,4-7H3,(H,41,45)/t24-,25?,27?,28+,29-,31+,32-,33+,34+,35+,39-/m0/s1. The molecule has 2 bridgehead atoms. The fraction of sp³-hybridized carbons (Fsp3) is 0.641. The molecule has 12 heteroatoms. The van der Waals surface area contributed by atoms with Gasteiger partial charge < -0.3 is 34.4 Å². The van der Waals surface area contributed by atoms with Gasteiger partial charge in [-0.15, -0.1) is 13.2 Å². The van der Waals surface area contributed by atoms with E-state index in [0.717, 1.165) is 12.8 Å². The third-order valence-corrected chi connectivity index (χ3v) is 11.8. The molecule has 11 nitrogen and oxygen atoms in total. The first kappa shape index (κ1) is 40.7. The van der Waals surface area contributed by atoms with Gasteiger partial charge in [0.1, 0.15) is 17.7 Å². The van der Waals surface area contributed by atoms with Gasteiger partial charge in [-0.1, -0.05) is 92.0 Å². The van der Waals surface area contributed by atoms with Gasteiger partial charge in [-0.05, 0) is 37.7 Å². The fourth-order valence-corrected chi connectivity index (χ4v) is 9.21. The van der Waals surface area contributed by atoms with Gasteiger partial charge in [0.25, 0.3) is 0 Å². The maximum Gasteiger partial charge on any atom is 0.313 e. The highest BCUT2D eigenvalue weighted by Crippen LogP contribution is 2.61. The summed E-state index contributed by atoms with van der Waals surface area (Å²) in [5.41, 5.74) is -0.698. The zero-order valence-corrected chi connectivity index (χ0v) is 32.3. The van der Waals surface area contributed by atoms with Gasteiger partial charge in [-0.25, -0.2) is 0 Å². The minimum absolute atomic E-state index is 0.0527. The molecule has 51 heavy (non-hydrogen) atoms. The number of hydrogen-bond donors (Lipinski definition) is 2. The average Bonchev–Trinajstić information content (AvgIpc) is 3.72. The van der Waals surface area contributed by atoms with Crippen molar-refractivity contribution in [3.8, 4) is 0 Å². The smallest absolute Gasteiger partial charge is 0.313 e. The van der Waals surface area contributed by atoms with E-state index in [4.69, 9.17) is 14.2 Å². The summed E-state index contributed by atoms with van der Waals surface area (Å²) >= 11 is 3.75. The van der Waals surface area contributed by atoms with Crippen LogP contribution in [-0.2, 0) is 33.4 Å². The van der Waals surface area contributed by atoms with Crippen molar-refractivity contribution in [3.63, 3.8) is 0 Å². The number of hydrogen-bond acceptors (Lipinski definition) is 8. The highest BCUT2D eigenvalue weighted by Gasteiger charge is 2.78. The van der Waals surface area contributed by atoms with Gasteiger partial charge in [0, 0.05) is 30.9 Å². The van der Waals surface area contributed by atoms with E-state index in [1.54, 1.807) is 17.1 Å². The van der Waals surface area contributed by atoms with Gasteiger partial charge in [-0.2, -0.15) is 0 Å². The van der Waals surface area contributed by atoms with Crippen molar-refractivity contribution >= 4 is 39.6 Å². The highest BCUT2D eigenvalue weighted by atomic mass is 79.9. The van der Waals surface area contributed by atoms with E-state index in [-0.39, 0.29) is 54.8 Å². The summed E-state index contributed by atoms with van der Waals surface area (Å²) in [5.74, 6) is -3.83. The van der Waals surface area contributed by atoms with E-state index < -0.39 is 59.6 Å². The average molecular weight is 775 g/mol. The predicted molar refractivity (Wildman–Crippen MR) is 198 cm³/mol. The predicted octanol–water partition coefficient (Wildman–Crippen LogP) is 4.73. The minimum atomic E-state index is -1.34. The maximum absolute atomic E-state index is 14.9. The quantitative estimate of drug-likeness (QED) is 0.111. The SMILES string of the molecule is C=CCCC(=O)N[C@H](COC)[C@H](OC(=O)[C@H]1[C@@H]2O[C@@]3(CC2Br)[C@@H]1C(=O)N([C@@H](CO)[C@@H](C)CC)[C@@H]3C(=O)N(CC=C)C(C)CCC)c1ccccc1. The minimum Gasteiger partial charge on any atom is -0.455 e. The molecule has 0 saturated carbocycles. The molecular formula is C39H56BrN3O8. The van der Waals surface area contributed by atoms with Crippen LogP contribution >= 0.6 is 15.9 Å². The van der Waals surface area contributed by atoms with Gasteiger partial charge in [0.15, 0.2) is 0 Å². The van der Waals surface area contributed by atoms with Crippen LogP contribution in [0.1, 0.15) is 77.9 Å². The van der Waals surface area contributed by atoms with Crippen molar-refractivity contribution in [1.29, 1.82) is 0 Å². The number of fused-ring (bicyclic) bond motifs is 1. The van der Waals surface area contributed by atoms with Crippen LogP contribution in [0.4, 0.5) is 0 Å². The molecule has 282 valence electrons. The number of ether oxygens (including phenoxy) is 3. The molecule has 3 heterocycles. The van der Waals surface area contributed by atoms with Crippen LogP contribution in [0, 0.1) is 17.8 Å². The number of likely N-dealkylation sites (tertiary alicyclic amines) is 1. The van der Waals surface area contributed by atoms with Crippen molar-refractivity contribution in [2.24, 2.45) is 17.8 Å². The van der Waals surface area contributed by atoms with Gasteiger partial charge >= 0.3 is 5.97 Å². The van der Waals surface area contributed by atoms with E-state index in [0.29, 0.717) is 24.8 Å². The molecular weight excluding hydrogens is 718 g/mol. The fourth-order valence-electron chi connectivity index (χ4n) is 8.27. The van der Waals surface area contributed by atoms with Crippen molar-refractivity contribution in [2.45, 2.75) is 113 Å². The number of allylic oxidation sites excluding steroid dienone is 1. The summed E-state index contributed by atoms with van der Waals surface area (Å²) < 4.78 is 18.6. The van der Waals surface area contributed by atoms with Crippen LogP contribution in [0.3, 0.4) is 0 Å². The van der Waals surface area contributed by atoms with Crippen molar-refractivity contribution in [2.75, 3.05) is 26.9 Å². The lowest BCUT2D eigenvalue weighted by Gasteiger charge is -2.42. The number of carbonyl (C=O) groups excluding carboxylic acids is 4. The third kappa shape index (κ3) is 8.14. The number of rotatable bonds is 20. The van der Waals surface area contributed by atoms with E-state index in [1.807, 2.05) is 51.1 Å². The van der Waals surface area contributed by atoms with Crippen molar-refractivity contribution < 1.29 is 38.5 Å². The molecule has 3 aliphatic heterocycles. The summed E-state index contributed by atoms with van der Waals surface area (Å²) in [6.45, 7) is 15.5. The second-order valence-corrected chi connectivity index (χ2v) is 15.4. The number of alkyl halides is 1. The topological polar surface area (TPSA) is 135 Å². The summed E-state index contributed by atoms with van der Waals surface area (Å²) in [6.07, 6.45) is 4.89. The van der Waals surface area contributed by atoms with E-state index in [1.165, 1.54) is 12.0 Å².